The molecule has 0 saturated carbocycles. The first-order chi connectivity index (χ1) is 9.36. The van der Waals surface area contributed by atoms with Gasteiger partial charge in [0, 0.05) is 25.6 Å². The number of anilines is 1. The van der Waals surface area contributed by atoms with Gasteiger partial charge < -0.3 is 10.6 Å². The van der Waals surface area contributed by atoms with E-state index in [-0.39, 0.29) is 22.6 Å². The van der Waals surface area contributed by atoms with Crippen LogP contribution in [-0.2, 0) is 7.05 Å². The first kappa shape index (κ1) is 14.8. The molecule has 2 N–H and O–H groups in total. The summed E-state index contributed by atoms with van der Waals surface area (Å²) in [5.41, 5.74) is 6.44. The van der Waals surface area contributed by atoms with Crippen LogP contribution >= 0.6 is 0 Å². The average Bonchev–Trinajstić information content (AvgIpc) is 2.89. The molecule has 2 unspecified atom stereocenters. The fraction of sp³-hybridized carbons (Fsp3) is 0.769. The highest BCUT2D eigenvalue weighted by Gasteiger charge is 2.37. The van der Waals surface area contributed by atoms with E-state index in [0.29, 0.717) is 24.0 Å². The summed E-state index contributed by atoms with van der Waals surface area (Å²) in [7, 11) is 1.77. The lowest BCUT2D eigenvalue weighted by Gasteiger charge is -2.22. The van der Waals surface area contributed by atoms with Gasteiger partial charge >= 0.3 is 5.69 Å². The summed E-state index contributed by atoms with van der Waals surface area (Å²) in [5, 5.41) is 15.8. The zero-order valence-electron chi connectivity index (χ0n) is 12.5. The minimum Gasteiger partial charge on any atom is -0.348 e. The molecule has 1 fully saturated rings. The van der Waals surface area contributed by atoms with Crippen LogP contribution in [-0.4, -0.2) is 33.8 Å². The van der Waals surface area contributed by atoms with Crippen LogP contribution in [0.4, 0.5) is 11.5 Å². The summed E-state index contributed by atoms with van der Waals surface area (Å²) in [6.07, 6.45) is 0.968. The zero-order chi connectivity index (χ0) is 15.0. The molecule has 1 aromatic heterocycles. The molecule has 0 radical (unpaired) electrons. The second-order valence-electron chi connectivity index (χ2n) is 5.93. The standard InChI is InChI=1S/C13H23N5O2/c1-8(2)11-12(18(19)20)13(16(4)15-11)17-7-10(6-14)5-9(17)3/h8-10H,5-7,14H2,1-4H3. The Morgan fingerprint density at radius 1 is 1.55 bits per heavy atom. The third kappa shape index (κ3) is 2.37. The molecular formula is C13H23N5O2. The first-order valence-electron chi connectivity index (χ1n) is 7.04. The Morgan fingerprint density at radius 3 is 2.65 bits per heavy atom. The highest BCUT2D eigenvalue weighted by molar-refractivity contribution is 5.63. The number of hydrogen-bond donors (Lipinski definition) is 1. The summed E-state index contributed by atoms with van der Waals surface area (Å²) in [5.74, 6) is 1.03. The number of nitrogens with two attached hydrogens (primary N) is 1. The normalized spacial score (nSPS) is 22.8. The number of nitrogens with zero attached hydrogens (tertiary/aromatic N) is 4. The fourth-order valence-electron chi connectivity index (χ4n) is 3.02. The first-order valence-corrected chi connectivity index (χ1v) is 7.04. The van der Waals surface area contributed by atoms with Crippen molar-refractivity contribution in [3.63, 3.8) is 0 Å². The van der Waals surface area contributed by atoms with Crippen LogP contribution in [0.25, 0.3) is 0 Å². The van der Waals surface area contributed by atoms with Gasteiger partial charge in [0.05, 0.1) is 4.92 Å². The Morgan fingerprint density at radius 2 is 2.20 bits per heavy atom. The lowest BCUT2D eigenvalue weighted by atomic mass is 10.1. The molecule has 1 aliphatic rings. The maximum absolute atomic E-state index is 11.5. The Labute approximate surface area is 118 Å². The third-order valence-corrected chi connectivity index (χ3v) is 4.01. The van der Waals surface area contributed by atoms with Crippen molar-refractivity contribution in [3.05, 3.63) is 15.8 Å². The van der Waals surface area contributed by atoms with Crippen molar-refractivity contribution in [2.45, 2.75) is 39.2 Å². The topological polar surface area (TPSA) is 90.2 Å². The van der Waals surface area contributed by atoms with Crippen LogP contribution in [0.2, 0.25) is 0 Å². The lowest BCUT2D eigenvalue weighted by Crippen LogP contribution is -2.30. The van der Waals surface area contributed by atoms with Gasteiger partial charge in [-0.25, -0.2) is 4.68 Å². The summed E-state index contributed by atoms with van der Waals surface area (Å²) in [4.78, 5) is 13.2. The van der Waals surface area contributed by atoms with Gasteiger partial charge in [-0.2, -0.15) is 5.10 Å². The van der Waals surface area contributed by atoms with E-state index >= 15 is 0 Å². The van der Waals surface area contributed by atoms with E-state index in [0.717, 1.165) is 13.0 Å². The molecule has 1 saturated heterocycles. The fourth-order valence-corrected chi connectivity index (χ4v) is 3.02. The zero-order valence-corrected chi connectivity index (χ0v) is 12.5. The number of nitro groups is 1. The van der Waals surface area contributed by atoms with Crippen LogP contribution in [0.1, 0.15) is 38.8 Å². The van der Waals surface area contributed by atoms with Crippen molar-refractivity contribution in [1.29, 1.82) is 0 Å². The van der Waals surface area contributed by atoms with Crippen molar-refractivity contribution in [2.24, 2.45) is 18.7 Å². The molecule has 7 nitrogen and oxygen atoms in total. The van der Waals surface area contributed by atoms with Crippen LogP contribution in [0.3, 0.4) is 0 Å². The number of aryl methyl sites for hydroxylation is 1. The van der Waals surface area contributed by atoms with Crippen molar-refractivity contribution in [1.82, 2.24) is 9.78 Å². The van der Waals surface area contributed by atoms with E-state index in [1.54, 1.807) is 11.7 Å². The van der Waals surface area contributed by atoms with E-state index < -0.39 is 0 Å². The Kier molecular flexibility index (Phi) is 3.99. The van der Waals surface area contributed by atoms with Gasteiger partial charge in [0.2, 0.25) is 5.82 Å². The van der Waals surface area contributed by atoms with Gasteiger partial charge in [-0.3, -0.25) is 10.1 Å². The highest BCUT2D eigenvalue weighted by atomic mass is 16.6. The van der Waals surface area contributed by atoms with Crippen LogP contribution in [0.15, 0.2) is 0 Å². The van der Waals surface area contributed by atoms with Crippen molar-refractivity contribution < 1.29 is 4.92 Å². The summed E-state index contributed by atoms with van der Waals surface area (Å²) < 4.78 is 1.64. The van der Waals surface area contributed by atoms with Gasteiger partial charge in [-0.05, 0) is 25.8 Å². The molecule has 1 aliphatic heterocycles. The van der Waals surface area contributed by atoms with E-state index in [2.05, 4.69) is 16.9 Å². The van der Waals surface area contributed by atoms with Crippen molar-refractivity contribution in [2.75, 3.05) is 18.0 Å². The summed E-state index contributed by atoms with van der Waals surface area (Å²) in [6.45, 7) is 7.31. The molecule has 20 heavy (non-hydrogen) atoms. The predicted molar refractivity (Wildman–Crippen MR) is 77.9 cm³/mol. The third-order valence-electron chi connectivity index (χ3n) is 4.01. The number of rotatable bonds is 4. The Balaban J connectivity index is 2.48. The highest BCUT2D eigenvalue weighted by Crippen LogP contribution is 2.39. The molecule has 0 amide bonds. The summed E-state index contributed by atoms with van der Waals surface area (Å²) in [6, 6.07) is 0.248. The molecule has 2 rings (SSSR count). The minimum absolute atomic E-state index is 0.0264. The largest absolute Gasteiger partial charge is 0.348 e. The predicted octanol–water partition coefficient (Wildman–Crippen LogP) is 1.63. The van der Waals surface area contributed by atoms with Gasteiger partial charge in [0.1, 0.15) is 5.69 Å². The molecule has 1 aromatic rings. The van der Waals surface area contributed by atoms with Gasteiger partial charge in [-0.1, -0.05) is 13.8 Å². The molecule has 2 heterocycles. The van der Waals surface area contributed by atoms with E-state index in [1.165, 1.54) is 0 Å². The Hall–Kier alpha value is -1.63. The average molecular weight is 281 g/mol. The second-order valence-corrected chi connectivity index (χ2v) is 5.93. The van der Waals surface area contributed by atoms with Gasteiger partial charge in [-0.15, -0.1) is 0 Å². The quantitative estimate of drug-likeness (QED) is 0.669. The van der Waals surface area contributed by atoms with Crippen molar-refractivity contribution >= 4 is 11.5 Å². The molecule has 0 spiro atoms. The SMILES string of the molecule is CC(C)c1nn(C)c(N2CC(CN)CC2C)c1[N+](=O)[O-]. The van der Waals surface area contributed by atoms with E-state index in [9.17, 15) is 10.1 Å². The lowest BCUT2D eigenvalue weighted by molar-refractivity contribution is -0.385. The monoisotopic (exact) mass is 281 g/mol. The second kappa shape index (κ2) is 5.40. The summed E-state index contributed by atoms with van der Waals surface area (Å²) >= 11 is 0. The molecule has 0 aliphatic carbocycles. The minimum atomic E-state index is -0.305. The number of aromatic nitrogens is 2. The molecule has 112 valence electrons. The molecule has 7 heteroatoms. The van der Waals surface area contributed by atoms with Crippen LogP contribution in [0, 0.1) is 16.0 Å². The molecular weight excluding hydrogens is 258 g/mol. The smallest absolute Gasteiger partial charge is 0.334 e. The maximum atomic E-state index is 11.5. The maximum Gasteiger partial charge on any atom is 0.334 e. The van der Waals surface area contributed by atoms with E-state index in [4.69, 9.17) is 5.73 Å². The molecule has 0 aromatic carbocycles. The van der Waals surface area contributed by atoms with Crippen molar-refractivity contribution in [3.8, 4) is 0 Å². The van der Waals surface area contributed by atoms with E-state index in [1.807, 2.05) is 13.8 Å². The van der Waals surface area contributed by atoms with Crippen LogP contribution in [0.5, 0.6) is 0 Å². The number of hydrogen-bond acceptors (Lipinski definition) is 5. The van der Waals surface area contributed by atoms with Gasteiger partial charge in [0.15, 0.2) is 0 Å². The van der Waals surface area contributed by atoms with Gasteiger partial charge in [0.25, 0.3) is 0 Å². The molecule has 2 atom stereocenters. The molecule has 0 bridgehead atoms. The van der Waals surface area contributed by atoms with Crippen LogP contribution < -0.4 is 10.6 Å². The Bertz CT molecular complexity index is 511.